The molecule has 0 aromatic rings. The fraction of sp³-hybridized carbons (Fsp3) is 0.714. The highest BCUT2D eigenvalue weighted by molar-refractivity contribution is 6.05. The van der Waals surface area contributed by atoms with Crippen molar-refractivity contribution in [1.29, 1.82) is 10.8 Å². The van der Waals surface area contributed by atoms with Crippen LogP contribution >= 0.6 is 24.8 Å². The normalized spacial score (nSPS) is 13.1. The van der Waals surface area contributed by atoms with Crippen molar-refractivity contribution in [2.24, 2.45) is 16.9 Å². The van der Waals surface area contributed by atoms with Gasteiger partial charge in [-0.15, -0.1) is 24.8 Å². The third kappa shape index (κ3) is 4.33. The number of nitrogens with one attached hydrogen (secondary N) is 2. The van der Waals surface area contributed by atoms with E-state index in [1.165, 1.54) is 0 Å². The number of rotatable bonds is 4. The fourth-order valence-electron chi connectivity index (χ4n) is 0.914. The maximum Gasteiger partial charge on any atom is 0.104 e. The largest absolute Gasteiger partial charge is 0.387 e. The molecule has 0 aromatic carbocycles. The molecular formula is C7H18Cl2N4. The zero-order valence-corrected chi connectivity index (χ0v) is 9.52. The van der Waals surface area contributed by atoms with Gasteiger partial charge in [0.05, 0.1) is 5.41 Å². The molecule has 0 fully saturated rings. The zero-order chi connectivity index (χ0) is 9.07. The van der Waals surface area contributed by atoms with Crippen LogP contribution in [0.2, 0.25) is 0 Å². The summed E-state index contributed by atoms with van der Waals surface area (Å²) >= 11 is 0. The molecule has 0 rings (SSSR count). The molecule has 0 aliphatic rings. The van der Waals surface area contributed by atoms with Crippen molar-refractivity contribution in [3.8, 4) is 0 Å². The van der Waals surface area contributed by atoms with E-state index in [0.29, 0.717) is 6.42 Å². The average Bonchev–Trinajstić information content (AvgIpc) is 1.87. The predicted molar refractivity (Wildman–Crippen MR) is 61.3 cm³/mol. The van der Waals surface area contributed by atoms with Crippen LogP contribution in [0.4, 0.5) is 0 Å². The van der Waals surface area contributed by atoms with E-state index in [1.54, 1.807) is 6.92 Å². The van der Waals surface area contributed by atoms with Crippen molar-refractivity contribution in [1.82, 2.24) is 0 Å². The molecule has 0 aromatic heterocycles. The number of amidine groups is 2. The standard InChI is InChI=1S/C7H16N4.2ClH/c1-3-4-7(2,5(8)9)6(10)11;;/h3-4H2,1-2H3,(H3,8,9)(H3,10,11);2*1H. The van der Waals surface area contributed by atoms with E-state index in [1.807, 2.05) is 6.92 Å². The summed E-state index contributed by atoms with van der Waals surface area (Å²) in [6.45, 7) is 3.70. The van der Waals surface area contributed by atoms with Gasteiger partial charge >= 0.3 is 0 Å². The summed E-state index contributed by atoms with van der Waals surface area (Å²) in [5.41, 5.74) is 9.91. The van der Waals surface area contributed by atoms with Crippen molar-refractivity contribution in [3.05, 3.63) is 0 Å². The summed E-state index contributed by atoms with van der Waals surface area (Å²) in [7, 11) is 0. The third-order valence-corrected chi connectivity index (χ3v) is 1.94. The molecule has 0 saturated heterocycles. The van der Waals surface area contributed by atoms with Crippen LogP contribution < -0.4 is 11.5 Å². The van der Waals surface area contributed by atoms with Crippen molar-refractivity contribution in [2.45, 2.75) is 26.7 Å². The van der Waals surface area contributed by atoms with Gasteiger partial charge in [-0.2, -0.15) is 0 Å². The Hall–Kier alpha value is -0.480. The minimum Gasteiger partial charge on any atom is -0.387 e. The molecule has 6 N–H and O–H groups in total. The molecule has 4 nitrogen and oxygen atoms in total. The average molecular weight is 229 g/mol. The lowest BCUT2D eigenvalue weighted by molar-refractivity contribution is 0.550. The van der Waals surface area contributed by atoms with E-state index in [0.717, 1.165) is 6.42 Å². The van der Waals surface area contributed by atoms with Crippen LogP contribution in [0.3, 0.4) is 0 Å². The van der Waals surface area contributed by atoms with Crippen LogP contribution in [0.5, 0.6) is 0 Å². The first-order chi connectivity index (χ1) is 4.95. The zero-order valence-electron chi connectivity index (χ0n) is 7.89. The lowest BCUT2D eigenvalue weighted by Gasteiger charge is -2.25. The highest BCUT2D eigenvalue weighted by atomic mass is 35.5. The van der Waals surface area contributed by atoms with Crippen molar-refractivity contribution in [2.75, 3.05) is 0 Å². The van der Waals surface area contributed by atoms with E-state index < -0.39 is 5.41 Å². The van der Waals surface area contributed by atoms with Gasteiger partial charge in [0.25, 0.3) is 0 Å². The van der Waals surface area contributed by atoms with Gasteiger partial charge in [-0.25, -0.2) is 0 Å². The van der Waals surface area contributed by atoms with E-state index in [4.69, 9.17) is 22.3 Å². The van der Waals surface area contributed by atoms with Gasteiger partial charge in [-0.05, 0) is 13.3 Å². The van der Waals surface area contributed by atoms with E-state index in [9.17, 15) is 0 Å². The molecule has 0 atom stereocenters. The monoisotopic (exact) mass is 228 g/mol. The summed E-state index contributed by atoms with van der Waals surface area (Å²) in [4.78, 5) is 0. The summed E-state index contributed by atoms with van der Waals surface area (Å²) in [5, 5.41) is 14.5. The van der Waals surface area contributed by atoms with Gasteiger partial charge in [0, 0.05) is 0 Å². The molecule has 0 radical (unpaired) electrons. The minimum atomic E-state index is -0.727. The first kappa shape index (κ1) is 18.3. The molecule has 0 aliphatic heterocycles. The lowest BCUT2D eigenvalue weighted by Crippen LogP contribution is -2.44. The van der Waals surface area contributed by atoms with E-state index in [2.05, 4.69) is 0 Å². The highest BCUT2D eigenvalue weighted by Crippen LogP contribution is 2.21. The second-order valence-electron chi connectivity index (χ2n) is 2.91. The van der Waals surface area contributed by atoms with Crippen LogP contribution in [0.25, 0.3) is 0 Å². The first-order valence-electron chi connectivity index (χ1n) is 3.64. The van der Waals surface area contributed by atoms with E-state index in [-0.39, 0.29) is 36.5 Å². The molecule has 0 aliphatic carbocycles. The van der Waals surface area contributed by atoms with Gasteiger partial charge in [-0.1, -0.05) is 13.3 Å². The minimum absolute atomic E-state index is 0. The Morgan fingerprint density at radius 1 is 1.15 bits per heavy atom. The Morgan fingerprint density at radius 3 is 1.54 bits per heavy atom. The van der Waals surface area contributed by atoms with Gasteiger partial charge in [0.2, 0.25) is 0 Å². The molecule has 80 valence electrons. The molecule has 0 heterocycles. The summed E-state index contributed by atoms with van der Waals surface area (Å²) in [6.07, 6.45) is 1.54. The van der Waals surface area contributed by atoms with Crippen LogP contribution in [0.15, 0.2) is 0 Å². The Kier molecular flexibility index (Phi) is 9.84. The topological polar surface area (TPSA) is 99.7 Å². The Bertz CT molecular complexity index is 167. The van der Waals surface area contributed by atoms with Gasteiger partial charge in [0.1, 0.15) is 11.7 Å². The summed E-state index contributed by atoms with van der Waals surface area (Å²) in [6, 6.07) is 0. The van der Waals surface area contributed by atoms with Gasteiger partial charge in [0.15, 0.2) is 0 Å². The number of hydrogen-bond donors (Lipinski definition) is 4. The predicted octanol–water partition coefficient (Wildman–Crippen LogP) is 1.51. The van der Waals surface area contributed by atoms with Crippen LogP contribution in [0, 0.1) is 16.2 Å². The fourth-order valence-corrected chi connectivity index (χ4v) is 0.914. The third-order valence-electron chi connectivity index (χ3n) is 1.94. The molecule has 13 heavy (non-hydrogen) atoms. The maximum atomic E-state index is 7.24. The molecule has 0 spiro atoms. The van der Waals surface area contributed by atoms with Gasteiger partial charge < -0.3 is 11.5 Å². The molecule has 0 amide bonds. The van der Waals surface area contributed by atoms with Crippen molar-refractivity contribution in [3.63, 3.8) is 0 Å². The molecule has 6 heteroatoms. The summed E-state index contributed by atoms with van der Waals surface area (Å²) in [5.74, 6) is -0.0429. The Labute approximate surface area is 91.3 Å². The SMILES string of the molecule is CCCC(C)(C(=N)N)C(=N)N.Cl.Cl. The van der Waals surface area contributed by atoms with Crippen molar-refractivity contribution >= 4 is 36.5 Å². The maximum absolute atomic E-state index is 7.24. The van der Waals surface area contributed by atoms with Gasteiger partial charge in [-0.3, -0.25) is 10.8 Å². The quantitative estimate of drug-likeness (QED) is 0.434. The van der Waals surface area contributed by atoms with Crippen molar-refractivity contribution < 1.29 is 0 Å². The summed E-state index contributed by atoms with van der Waals surface area (Å²) < 4.78 is 0. The number of halogens is 2. The highest BCUT2D eigenvalue weighted by Gasteiger charge is 2.30. The Balaban J connectivity index is -0.000000500. The smallest absolute Gasteiger partial charge is 0.104 e. The molecule has 0 bridgehead atoms. The Morgan fingerprint density at radius 2 is 1.46 bits per heavy atom. The lowest BCUT2D eigenvalue weighted by atomic mass is 9.83. The van der Waals surface area contributed by atoms with Crippen LogP contribution in [-0.2, 0) is 0 Å². The second kappa shape index (κ2) is 6.97. The molecule has 0 saturated carbocycles. The number of hydrogen-bond acceptors (Lipinski definition) is 2. The first-order valence-corrected chi connectivity index (χ1v) is 3.64. The molecular weight excluding hydrogens is 211 g/mol. The van der Waals surface area contributed by atoms with Crippen LogP contribution in [0.1, 0.15) is 26.7 Å². The number of nitrogens with two attached hydrogens (primary N) is 2. The van der Waals surface area contributed by atoms with E-state index >= 15 is 0 Å². The second-order valence-corrected chi connectivity index (χ2v) is 2.91. The van der Waals surface area contributed by atoms with Crippen LogP contribution in [-0.4, -0.2) is 11.7 Å². The molecule has 0 unspecified atom stereocenters.